The third-order valence-electron chi connectivity index (χ3n) is 2.72. The Labute approximate surface area is 123 Å². The third kappa shape index (κ3) is 3.70. The van der Waals surface area contributed by atoms with E-state index < -0.39 is 11.9 Å². The number of rotatable bonds is 5. The van der Waals surface area contributed by atoms with Crippen molar-refractivity contribution in [3.05, 3.63) is 78.4 Å². The second kappa shape index (κ2) is 6.24. The molecule has 0 bridgehead atoms. The fourth-order valence-electron chi connectivity index (χ4n) is 1.65. The van der Waals surface area contributed by atoms with Gasteiger partial charge in [0, 0.05) is 5.57 Å². The molecule has 0 fully saturated rings. The van der Waals surface area contributed by atoms with E-state index in [4.69, 9.17) is 9.47 Å². The quantitative estimate of drug-likeness (QED) is 0.521. The molecule has 108 valence electrons. The summed E-state index contributed by atoms with van der Waals surface area (Å²) in [6.45, 7) is 5.00. The molecular weight excluding hydrogens is 268 g/mol. The van der Waals surface area contributed by atoms with Crippen LogP contribution in [0, 0.1) is 0 Å². The monoisotopic (exact) mass is 284 g/mol. The highest BCUT2D eigenvalue weighted by Gasteiger charge is 2.37. The van der Waals surface area contributed by atoms with Crippen LogP contribution >= 0.6 is 0 Å². The third-order valence-corrected chi connectivity index (χ3v) is 2.72. The van der Waals surface area contributed by atoms with E-state index in [0.29, 0.717) is 11.3 Å². The molecule has 2 aromatic rings. The van der Waals surface area contributed by atoms with Crippen LogP contribution in [0.3, 0.4) is 0 Å². The fraction of sp³-hybridized carbons (Fsp3) is 0.118. The van der Waals surface area contributed by atoms with E-state index in [9.17, 15) is 9.90 Å². The zero-order chi connectivity index (χ0) is 15.3. The molecule has 0 amide bonds. The first-order valence-corrected chi connectivity index (χ1v) is 6.42. The Morgan fingerprint density at radius 1 is 1.05 bits per heavy atom. The normalized spacial score (nSPS) is 13.0. The number of para-hydroxylation sites is 1. The minimum atomic E-state index is -2.21. The van der Waals surface area contributed by atoms with E-state index in [0.717, 1.165) is 0 Å². The van der Waals surface area contributed by atoms with Gasteiger partial charge in [0.1, 0.15) is 5.75 Å². The van der Waals surface area contributed by atoms with Crippen molar-refractivity contribution < 1.29 is 19.4 Å². The second-order valence-electron chi connectivity index (χ2n) is 4.53. The number of hydrogen-bond acceptors (Lipinski definition) is 4. The van der Waals surface area contributed by atoms with Gasteiger partial charge in [0.15, 0.2) is 0 Å². The van der Waals surface area contributed by atoms with Crippen LogP contribution in [0.4, 0.5) is 0 Å². The van der Waals surface area contributed by atoms with Gasteiger partial charge < -0.3 is 14.6 Å². The molecule has 0 aliphatic carbocycles. The van der Waals surface area contributed by atoms with Crippen LogP contribution < -0.4 is 4.74 Å². The summed E-state index contributed by atoms with van der Waals surface area (Å²) in [6, 6.07) is 17.0. The molecule has 0 heterocycles. The standard InChI is InChI=1S/C17H16O4/c1-13(2)16(18)21-17(19,14-9-5-3-6-10-14)20-15-11-7-4-8-12-15/h3-12,19H,1H2,2H3. The lowest BCUT2D eigenvalue weighted by Crippen LogP contribution is -2.38. The summed E-state index contributed by atoms with van der Waals surface area (Å²) in [7, 11) is 0. The van der Waals surface area contributed by atoms with Crippen molar-refractivity contribution in [3.8, 4) is 5.75 Å². The van der Waals surface area contributed by atoms with Gasteiger partial charge in [-0.25, -0.2) is 4.79 Å². The zero-order valence-electron chi connectivity index (χ0n) is 11.7. The average Bonchev–Trinajstić information content (AvgIpc) is 2.49. The van der Waals surface area contributed by atoms with Crippen LogP contribution in [0.2, 0.25) is 0 Å². The van der Waals surface area contributed by atoms with Gasteiger partial charge in [-0.1, -0.05) is 43.0 Å². The molecule has 0 aliphatic heterocycles. The lowest BCUT2D eigenvalue weighted by Gasteiger charge is -2.28. The van der Waals surface area contributed by atoms with Crippen LogP contribution in [0.1, 0.15) is 12.5 Å². The smallest absolute Gasteiger partial charge is 0.401 e. The number of benzene rings is 2. The van der Waals surface area contributed by atoms with Crippen molar-refractivity contribution in [1.29, 1.82) is 0 Å². The second-order valence-corrected chi connectivity index (χ2v) is 4.53. The van der Waals surface area contributed by atoms with E-state index in [1.165, 1.54) is 6.92 Å². The molecule has 0 saturated heterocycles. The summed E-state index contributed by atoms with van der Waals surface area (Å²) in [5.74, 6) is -2.57. The Hall–Kier alpha value is -2.59. The molecule has 21 heavy (non-hydrogen) atoms. The first-order valence-electron chi connectivity index (χ1n) is 6.42. The molecule has 1 N–H and O–H groups in total. The van der Waals surface area contributed by atoms with Gasteiger partial charge in [0.25, 0.3) is 0 Å². The van der Waals surface area contributed by atoms with Crippen LogP contribution in [-0.2, 0) is 15.5 Å². The minimum Gasteiger partial charge on any atom is -0.426 e. The van der Waals surface area contributed by atoms with Crippen molar-refractivity contribution in [1.82, 2.24) is 0 Å². The van der Waals surface area contributed by atoms with Crippen LogP contribution in [0.25, 0.3) is 0 Å². The van der Waals surface area contributed by atoms with E-state index in [-0.39, 0.29) is 5.57 Å². The van der Waals surface area contributed by atoms with Gasteiger partial charge in [-0.15, -0.1) is 0 Å². The molecule has 0 radical (unpaired) electrons. The van der Waals surface area contributed by atoms with Crippen LogP contribution in [-0.4, -0.2) is 11.1 Å². The first kappa shape index (κ1) is 14.8. The lowest BCUT2D eigenvalue weighted by molar-refractivity contribution is -0.311. The molecule has 1 unspecified atom stereocenters. The van der Waals surface area contributed by atoms with Gasteiger partial charge in [-0.3, -0.25) is 0 Å². The maximum absolute atomic E-state index is 11.8. The Balaban J connectivity index is 2.34. The lowest BCUT2D eigenvalue weighted by atomic mass is 10.2. The Bertz CT molecular complexity index is 622. The largest absolute Gasteiger partial charge is 0.426 e. The van der Waals surface area contributed by atoms with Crippen molar-refractivity contribution in [2.24, 2.45) is 0 Å². The molecule has 0 spiro atoms. The minimum absolute atomic E-state index is 0.168. The van der Waals surface area contributed by atoms with Gasteiger partial charge >= 0.3 is 11.9 Å². The molecule has 0 aliphatic rings. The summed E-state index contributed by atoms with van der Waals surface area (Å²) in [6.07, 6.45) is 0. The summed E-state index contributed by atoms with van der Waals surface area (Å²) >= 11 is 0. The summed E-state index contributed by atoms with van der Waals surface area (Å²) in [4.78, 5) is 11.8. The van der Waals surface area contributed by atoms with Gasteiger partial charge in [-0.2, -0.15) is 0 Å². The van der Waals surface area contributed by atoms with Crippen LogP contribution in [0.15, 0.2) is 72.8 Å². The Kier molecular flexibility index (Phi) is 4.40. The first-order chi connectivity index (χ1) is 10.0. The topological polar surface area (TPSA) is 55.8 Å². The number of carbonyl (C=O) groups excluding carboxylic acids is 1. The molecule has 0 aromatic heterocycles. The number of ether oxygens (including phenoxy) is 2. The van der Waals surface area contributed by atoms with Gasteiger partial charge in [0.05, 0.1) is 5.56 Å². The SMILES string of the molecule is C=C(C)C(=O)OC(O)(Oc1ccccc1)c1ccccc1. The molecule has 0 saturated carbocycles. The number of hydrogen-bond donors (Lipinski definition) is 1. The average molecular weight is 284 g/mol. The summed E-state index contributed by atoms with van der Waals surface area (Å²) in [5.41, 5.74) is 0.476. The highest BCUT2D eigenvalue weighted by Crippen LogP contribution is 2.28. The molecule has 4 heteroatoms. The molecule has 4 nitrogen and oxygen atoms in total. The van der Waals surface area contributed by atoms with Crippen molar-refractivity contribution >= 4 is 5.97 Å². The highest BCUT2D eigenvalue weighted by atomic mass is 16.8. The maximum atomic E-state index is 11.8. The van der Waals surface area contributed by atoms with E-state index in [1.54, 1.807) is 54.6 Å². The van der Waals surface area contributed by atoms with E-state index in [2.05, 4.69) is 6.58 Å². The molecule has 1 atom stereocenters. The summed E-state index contributed by atoms with van der Waals surface area (Å²) in [5, 5.41) is 10.6. The predicted octanol–water partition coefficient (Wildman–Crippen LogP) is 2.99. The van der Waals surface area contributed by atoms with E-state index >= 15 is 0 Å². The molecule has 2 aromatic carbocycles. The van der Waals surface area contributed by atoms with E-state index in [1.807, 2.05) is 6.07 Å². The summed E-state index contributed by atoms with van der Waals surface area (Å²) < 4.78 is 10.6. The predicted molar refractivity (Wildman–Crippen MR) is 78.3 cm³/mol. The Morgan fingerprint density at radius 2 is 1.57 bits per heavy atom. The van der Waals surface area contributed by atoms with Gasteiger partial charge in [0.2, 0.25) is 0 Å². The number of aliphatic hydroxyl groups is 1. The number of esters is 1. The fourth-order valence-corrected chi connectivity index (χ4v) is 1.65. The van der Waals surface area contributed by atoms with Crippen molar-refractivity contribution in [2.45, 2.75) is 12.9 Å². The maximum Gasteiger partial charge on any atom is 0.401 e. The molecule has 2 rings (SSSR count). The highest BCUT2D eigenvalue weighted by molar-refractivity contribution is 5.87. The van der Waals surface area contributed by atoms with Gasteiger partial charge in [-0.05, 0) is 31.2 Å². The molecular formula is C17H16O4. The zero-order valence-corrected chi connectivity index (χ0v) is 11.7. The van der Waals surface area contributed by atoms with Crippen molar-refractivity contribution in [3.63, 3.8) is 0 Å². The number of carbonyl (C=O) groups is 1. The Morgan fingerprint density at radius 3 is 2.10 bits per heavy atom. The van der Waals surface area contributed by atoms with Crippen LogP contribution in [0.5, 0.6) is 5.75 Å². The van der Waals surface area contributed by atoms with Crippen molar-refractivity contribution in [2.75, 3.05) is 0 Å².